The average molecular weight is 487 g/mol. The van der Waals surface area contributed by atoms with Gasteiger partial charge in [-0.1, -0.05) is 40.2 Å². The van der Waals surface area contributed by atoms with Gasteiger partial charge < -0.3 is 14.8 Å². The van der Waals surface area contributed by atoms with Crippen LogP contribution in [-0.4, -0.2) is 37.8 Å². The van der Waals surface area contributed by atoms with Crippen molar-refractivity contribution in [2.24, 2.45) is 0 Å². The smallest absolute Gasteiger partial charge is 0.270 e. The summed E-state index contributed by atoms with van der Waals surface area (Å²) in [5.74, 6) is 0.586. The van der Waals surface area contributed by atoms with Crippen LogP contribution in [0.15, 0.2) is 58.4 Å². The minimum absolute atomic E-state index is 0.140. The van der Waals surface area contributed by atoms with Gasteiger partial charge >= 0.3 is 0 Å². The van der Waals surface area contributed by atoms with Crippen LogP contribution >= 0.6 is 27.3 Å². The first kappa shape index (κ1) is 21.0. The molecule has 0 unspecified atom stereocenters. The lowest BCUT2D eigenvalue weighted by Gasteiger charge is -2.38. The van der Waals surface area contributed by atoms with Gasteiger partial charge in [0.25, 0.3) is 5.91 Å². The first-order chi connectivity index (χ1) is 14.6. The lowest BCUT2D eigenvalue weighted by atomic mass is 9.74. The molecule has 1 aliphatic rings. The third-order valence-corrected chi connectivity index (χ3v) is 6.92. The predicted octanol–water partition coefficient (Wildman–Crippen LogP) is 5.06. The molecule has 1 saturated heterocycles. The number of carbonyl (C=O) groups excluding carboxylic acids is 1. The Morgan fingerprint density at radius 3 is 2.80 bits per heavy atom. The van der Waals surface area contributed by atoms with E-state index in [9.17, 15) is 4.79 Å². The summed E-state index contributed by atoms with van der Waals surface area (Å²) in [6, 6.07) is 16.0. The Balaban J connectivity index is 1.51. The molecule has 0 aliphatic carbocycles. The molecule has 0 spiro atoms. The Labute approximate surface area is 188 Å². The molecule has 4 rings (SSSR count). The van der Waals surface area contributed by atoms with Gasteiger partial charge in [0, 0.05) is 35.0 Å². The van der Waals surface area contributed by atoms with E-state index in [4.69, 9.17) is 9.47 Å². The summed E-state index contributed by atoms with van der Waals surface area (Å²) in [7, 11) is 1.63. The van der Waals surface area contributed by atoms with Gasteiger partial charge in [0.15, 0.2) is 0 Å². The Morgan fingerprint density at radius 1 is 1.23 bits per heavy atom. The molecule has 0 bridgehead atoms. The Bertz CT molecular complexity index is 1030. The molecule has 2 heterocycles. The molecule has 1 N–H and O–H groups in total. The molecule has 3 aromatic rings. The van der Waals surface area contributed by atoms with E-state index in [1.807, 2.05) is 36.4 Å². The number of hydrogen-bond acceptors (Lipinski definition) is 5. The summed E-state index contributed by atoms with van der Waals surface area (Å²) >= 11 is 5.01. The lowest BCUT2D eigenvalue weighted by molar-refractivity contribution is 0.0486. The van der Waals surface area contributed by atoms with Gasteiger partial charge in [-0.25, -0.2) is 4.98 Å². The molecule has 5 nitrogen and oxygen atoms in total. The molecular formula is C23H23BrN2O3S. The SMILES string of the molecule is COc1ccccc1-c1nc(C(=O)NCC2(c3cccc(Br)c3)CCOCC2)cs1. The number of aromatic nitrogens is 1. The second kappa shape index (κ2) is 9.29. The maximum absolute atomic E-state index is 12.9. The summed E-state index contributed by atoms with van der Waals surface area (Å²) in [6.07, 6.45) is 1.74. The van der Waals surface area contributed by atoms with Crippen molar-refractivity contribution in [3.05, 3.63) is 69.6 Å². The fraction of sp³-hybridized carbons (Fsp3) is 0.304. The normalized spacial score (nSPS) is 15.5. The minimum Gasteiger partial charge on any atom is -0.496 e. The number of rotatable bonds is 6. The molecule has 1 amide bonds. The molecule has 1 aromatic heterocycles. The highest BCUT2D eigenvalue weighted by Gasteiger charge is 2.35. The lowest BCUT2D eigenvalue weighted by Crippen LogP contribution is -2.44. The second-order valence-electron chi connectivity index (χ2n) is 7.32. The minimum atomic E-state index is -0.159. The van der Waals surface area contributed by atoms with E-state index in [0.717, 1.165) is 33.6 Å². The highest BCUT2D eigenvalue weighted by Crippen LogP contribution is 2.36. The fourth-order valence-electron chi connectivity index (χ4n) is 3.81. The number of nitrogens with one attached hydrogen (secondary N) is 1. The molecule has 30 heavy (non-hydrogen) atoms. The number of halogens is 1. The Morgan fingerprint density at radius 2 is 2.03 bits per heavy atom. The zero-order chi connectivity index (χ0) is 21.0. The van der Waals surface area contributed by atoms with E-state index >= 15 is 0 Å². The number of hydrogen-bond donors (Lipinski definition) is 1. The number of ether oxygens (including phenoxy) is 2. The monoisotopic (exact) mass is 486 g/mol. The molecule has 0 atom stereocenters. The summed E-state index contributed by atoms with van der Waals surface area (Å²) in [6.45, 7) is 1.93. The largest absolute Gasteiger partial charge is 0.496 e. The van der Waals surface area contributed by atoms with Crippen LogP contribution in [0, 0.1) is 0 Å². The topological polar surface area (TPSA) is 60.5 Å². The van der Waals surface area contributed by atoms with Crippen LogP contribution in [0.2, 0.25) is 0 Å². The maximum atomic E-state index is 12.9. The zero-order valence-electron chi connectivity index (χ0n) is 16.7. The molecule has 0 radical (unpaired) electrons. The molecule has 1 fully saturated rings. The van der Waals surface area contributed by atoms with Crippen molar-refractivity contribution in [3.63, 3.8) is 0 Å². The zero-order valence-corrected chi connectivity index (χ0v) is 19.1. The maximum Gasteiger partial charge on any atom is 0.270 e. The van der Waals surface area contributed by atoms with Gasteiger partial charge in [-0.3, -0.25) is 4.79 Å². The number of benzene rings is 2. The summed E-state index contributed by atoms with van der Waals surface area (Å²) in [4.78, 5) is 17.4. The van der Waals surface area contributed by atoms with E-state index in [1.54, 1.807) is 12.5 Å². The van der Waals surface area contributed by atoms with Crippen molar-refractivity contribution in [1.82, 2.24) is 10.3 Å². The van der Waals surface area contributed by atoms with Crippen molar-refractivity contribution < 1.29 is 14.3 Å². The average Bonchev–Trinajstić information content (AvgIpc) is 3.28. The highest BCUT2D eigenvalue weighted by atomic mass is 79.9. The van der Waals surface area contributed by atoms with Crippen LogP contribution in [-0.2, 0) is 10.2 Å². The van der Waals surface area contributed by atoms with Crippen LogP contribution in [0.25, 0.3) is 10.6 Å². The quantitative estimate of drug-likeness (QED) is 0.528. The van der Waals surface area contributed by atoms with Gasteiger partial charge in [-0.15, -0.1) is 11.3 Å². The number of amides is 1. The first-order valence-corrected chi connectivity index (χ1v) is 11.5. The fourth-order valence-corrected chi connectivity index (χ4v) is 5.04. The van der Waals surface area contributed by atoms with Crippen molar-refractivity contribution in [1.29, 1.82) is 0 Å². The molecule has 7 heteroatoms. The third-order valence-electron chi connectivity index (χ3n) is 5.55. The molecular weight excluding hydrogens is 464 g/mol. The standard InChI is InChI=1S/C23H23BrN2O3S/c1-28-20-8-3-2-7-18(20)22-26-19(14-30-22)21(27)25-15-23(9-11-29-12-10-23)16-5-4-6-17(24)13-16/h2-8,13-14H,9-12,15H2,1H3,(H,25,27). The Hall–Kier alpha value is -2.22. The number of carbonyl (C=O) groups is 1. The summed E-state index contributed by atoms with van der Waals surface area (Å²) in [5, 5.41) is 5.69. The van der Waals surface area contributed by atoms with Gasteiger partial charge in [0.1, 0.15) is 16.5 Å². The van der Waals surface area contributed by atoms with Crippen LogP contribution in [0.1, 0.15) is 28.9 Å². The number of thiazole rings is 1. The van der Waals surface area contributed by atoms with Crippen LogP contribution < -0.4 is 10.1 Å². The van der Waals surface area contributed by atoms with Gasteiger partial charge in [0.05, 0.1) is 12.7 Å². The number of methoxy groups -OCH3 is 1. The number of nitrogens with zero attached hydrogens (tertiary/aromatic N) is 1. The van der Waals surface area contributed by atoms with E-state index in [1.165, 1.54) is 16.9 Å². The summed E-state index contributed by atoms with van der Waals surface area (Å²) < 4.78 is 12.1. The van der Waals surface area contributed by atoms with Crippen molar-refractivity contribution >= 4 is 33.2 Å². The Kier molecular flexibility index (Phi) is 6.51. The van der Waals surface area contributed by atoms with E-state index in [0.29, 0.717) is 25.5 Å². The van der Waals surface area contributed by atoms with Crippen molar-refractivity contribution in [2.75, 3.05) is 26.9 Å². The van der Waals surface area contributed by atoms with E-state index in [-0.39, 0.29) is 11.3 Å². The summed E-state index contributed by atoms with van der Waals surface area (Å²) in [5.41, 5.74) is 2.39. The van der Waals surface area contributed by atoms with Gasteiger partial charge in [-0.2, -0.15) is 0 Å². The van der Waals surface area contributed by atoms with Crippen molar-refractivity contribution in [3.8, 4) is 16.3 Å². The highest BCUT2D eigenvalue weighted by molar-refractivity contribution is 9.10. The van der Waals surface area contributed by atoms with Crippen molar-refractivity contribution in [2.45, 2.75) is 18.3 Å². The van der Waals surface area contributed by atoms with Crippen LogP contribution in [0.3, 0.4) is 0 Å². The predicted molar refractivity (Wildman–Crippen MR) is 122 cm³/mol. The van der Waals surface area contributed by atoms with Crippen LogP contribution in [0.4, 0.5) is 0 Å². The van der Waals surface area contributed by atoms with Gasteiger partial charge in [0.2, 0.25) is 0 Å². The van der Waals surface area contributed by atoms with E-state index < -0.39 is 0 Å². The van der Waals surface area contributed by atoms with Gasteiger partial charge in [-0.05, 0) is 42.7 Å². The first-order valence-electron chi connectivity index (χ1n) is 9.82. The molecule has 156 valence electrons. The van der Waals surface area contributed by atoms with Crippen LogP contribution in [0.5, 0.6) is 5.75 Å². The second-order valence-corrected chi connectivity index (χ2v) is 9.10. The molecule has 2 aromatic carbocycles. The van der Waals surface area contributed by atoms with E-state index in [2.05, 4.69) is 38.4 Å². The molecule has 1 aliphatic heterocycles. The number of para-hydroxylation sites is 1. The molecule has 0 saturated carbocycles. The third kappa shape index (κ3) is 4.43.